The third-order valence-electron chi connectivity index (χ3n) is 5.24. The van der Waals surface area contributed by atoms with Gasteiger partial charge in [0.1, 0.15) is 0 Å². The lowest BCUT2D eigenvalue weighted by molar-refractivity contribution is -0.137. The number of nitrogens with one attached hydrogen (secondary N) is 1. The summed E-state index contributed by atoms with van der Waals surface area (Å²) in [4.78, 5) is 2.47. The van der Waals surface area contributed by atoms with Gasteiger partial charge < -0.3 is 10.2 Å². The molecule has 2 aromatic carbocycles. The first kappa shape index (κ1) is 22.6. The predicted molar refractivity (Wildman–Crippen MR) is 111 cm³/mol. The van der Waals surface area contributed by atoms with Gasteiger partial charge in [-0.3, -0.25) is 0 Å². The maximum Gasteiger partial charge on any atom is 0.416 e. The van der Waals surface area contributed by atoms with Crippen molar-refractivity contribution in [3.05, 3.63) is 65.7 Å². The molecule has 3 rings (SSSR count). The van der Waals surface area contributed by atoms with Crippen LogP contribution in [-0.2, 0) is 12.6 Å². The molecule has 1 fully saturated rings. The molecular weight excluding hydrogens is 385 g/mol. The zero-order valence-corrected chi connectivity index (χ0v) is 16.7. The van der Waals surface area contributed by atoms with E-state index in [-0.39, 0.29) is 12.4 Å². The summed E-state index contributed by atoms with van der Waals surface area (Å²) in [5, 5.41) is 3.11. The molecule has 2 nitrogen and oxygen atoms in total. The van der Waals surface area contributed by atoms with Crippen LogP contribution < -0.4 is 5.32 Å². The SMILES string of the molecule is Cl.FC(F)(F)c1cccc(NCCCN2CCC(Cc3ccccc3)CC2)c1. The third-order valence-corrected chi connectivity index (χ3v) is 5.24. The molecule has 1 saturated heterocycles. The van der Waals surface area contributed by atoms with Crippen molar-refractivity contribution >= 4 is 18.1 Å². The monoisotopic (exact) mass is 412 g/mol. The van der Waals surface area contributed by atoms with Crippen LogP contribution in [0.1, 0.15) is 30.4 Å². The molecule has 6 heteroatoms. The molecule has 0 aliphatic carbocycles. The van der Waals surface area contributed by atoms with Gasteiger partial charge in [0.2, 0.25) is 0 Å². The van der Waals surface area contributed by atoms with Crippen LogP contribution in [0.25, 0.3) is 0 Å². The minimum atomic E-state index is -4.29. The molecule has 1 heterocycles. The highest BCUT2D eigenvalue weighted by atomic mass is 35.5. The van der Waals surface area contributed by atoms with E-state index in [1.807, 2.05) is 0 Å². The van der Waals surface area contributed by atoms with E-state index >= 15 is 0 Å². The molecule has 2 aromatic rings. The van der Waals surface area contributed by atoms with Gasteiger partial charge >= 0.3 is 6.18 Å². The average Bonchev–Trinajstić information content (AvgIpc) is 2.67. The largest absolute Gasteiger partial charge is 0.416 e. The van der Waals surface area contributed by atoms with Crippen molar-refractivity contribution in [3.8, 4) is 0 Å². The van der Waals surface area contributed by atoms with Crippen molar-refractivity contribution in [2.75, 3.05) is 31.5 Å². The number of halogens is 4. The average molecular weight is 413 g/mol. The summed E-state index contributed by atoms with van der Waals surface area (Å²) in [6, 6.07) is 16.1. The van der Waals surface area contributed by atoms with Gasteiger partial charge in [-0.05, 0) is 75.0 Å². The summed E-state index contributed by atoms with van der Waals surface area (Å²) in [6.45, 7) is 3.90. The first-order valence-corrected chi connectivity index (χ1v) is 9.68. The lowest BCUT2D eigenvalue weighted by atomic mass is 9.90. The molecule has 0 saturated carbocycles. The van der Waals surface area contributed by atoms with Crippen LogP contribution in [-0.4, -0.2) is 31.1 Å². The fourth-order valence-electron chi connectivity index (χ4n) is 3.70. The number of anilines is 1. The first-order valence-electron chi connectivity index (χ1n) is 9.68. The highest BCUT2D eigenvalue weighted by molar-refractivity contribution is 5.85. The van der Waals surface area contributed by atoms with Crippen LogP contribution in [0.4, 0.5) is 18.9 Å². The highest BCUT2D eigenvalue weighted by Gasteiger charge is 2.30. The first-order chi connectivity index (χ1) is 13.0. The predicted octanol–water partition coefficient (Wildman–Crippen LogP) is 5.88. The number of benzene rings is 2. The lowest BCUT2D eigenvalue weighted by Gasteiger charge is -2.32. The number of nitrogens with zero attached hydrogens (tertiary/aromatic N) is 1. The van der Waals surface area contributed by atoms with E-state index in [1.165, 1.54) is 30.5 Å². The van der Waals surface area contributed by atoms with Gasteiger partial charge in [0.25, 0.3) is 0 Å². The molecule has 28 heavy (non-hydrogen) atoms. The second kappa shape index (κ2) is 10.7. The number of alkyl halides is 3. The molecule has 1 aliphatic rings. The zero-order chi connectivity index (χ0) is 19.1. The number of piperidine rings is 1. The van der Waals surface area contributed by atoms with E-state index in [4.69, 9.17) is 0 Å². The van der Waals surface area contributed by atoms with Crippen molar-refractivity contribution in [3.63, 3.8) is 0 Å². The van der Waals surface area contributed by atoms with Gasteiger partial charge in [-0.1, -0.05) is 36.4 Å². The molecule has 0 amide bonds. The minimum absolute atomic E-state index is 0. The Morgan fingerprint density at radius 2 is 1.68 bits per heavy atom. The molecule has 154 valence electrons. The van der Waals surface area contributed by atoms with E-state index in [1.54, 1.807) is 6.07 Å². The van der Waals surface area contributed by atoms with Crippen molar-refractivity contribution in [1.29, 1.82) is 0 Å². The fourth-order valence-corrected chi connectivity index (χ4v) is 3.70. The number of hydrogen-bond donors (Lipinski definition) is 1. The smallest absolute Gasteiger partial charge is 0.385 e. The topological polar surface area (TPSA) is 15.3 Å². The molecule has 1 N–H and O–H groups in total. The van der Waals surface area contributed by atoms with Gasteiger partial charge in [-0.15, -0.1) is 12.4 Å². The molecule has 1 aliphatic heterocycles. The molecule has 0 unspecified atom stereocenters. The number of likely N-dealkylation sites (tertiary alicyclic amines) is 1. The normalized spacial score (nSPS) is 15.8. The zero-order valence-electron chi connectivity index (χ0n) is 15.9. The van der Waals surface area contributed by atoms with Crippen molar-refractivity contribution in [1.82, 2.24) is 4.90 Å². The summed E-state index contributed by atoms with van der Waals surface area (Å²) >= 11 is 0. The number of hydrogen-bond acceptors (Lipinski definition) is 2. The van der Waals surface area contributed by atoms with Crippen molar-refractivity contribution < 1.29 is 13.2 Å². The van der Waals surface area contributed by atoms with Gasteiger partial charge in [0, 0.05) is 12.2 Å². The Hall–Kier alpha value is -1.72. The molecule has 0 radical (unpaired) electrons. The van der Waals surface area contributed by atoms with E-state index in [0.717, 1.165) is 44.5 Å². The van der Waals surface area contributed by atoms with Crippen LogP contribution in [0.15, 0.2) is 54.6 Å². The standard InChI is InChI=1S/C22H27F3N2.ClH/c23-22(24,25)20-8-4-9-21(17-20)26-12-5-13-27-14-10-19(11-15-27)16-18-6-2-1-3-7-18;/h1-4,6-9,17,19,26H,5,10-16H2;1H. The van der Waals surface area contributed by atoms with E-state index in [9.17, 15) is 13.2 Å². The molecular formula is C22H28ClF3N2. The summed E-state index contributed by atoms with van der Waals surface area (Å²) in [7, 11) is 0. The Morgan fingerprint density at radius 1 is 0.964 bits per heavy atom. The third kappa shape index (κ3) is 7.02. The Kier molecular flexibility index (Phi) is 8.64. The van der Waals surface area contributed by atoms with Gasteiger partial charge in [0.15, 0.2) is 0 Å². The highest BCUT2D eigenvalue weighted by Crippen LogP contribution is 2.30. The van der Waals surface area contributed by atoms with Crippen LogP contribution in [0.3, 0.4) is 0 Å². The summed E-state index contributed by atoms with van der Waals surface area (Å²) in [5.74, 6) is 0.756. The number of rotatable bonds is 7. The Balaban J connectivity index is 0.00000280. The van der Waals surface area contributed by atoms with E-state index in [0.29, 0.717) is 12.2 Å². The Bertz CT molecular complexity index is 698. The lowest BCUT2D eigenvalue weighted by Crippen LogP contribution is -2.35. The molecule has 0 bridgehead atoms. The van der Waals surface area contributed by atoms with Crippen molar-refractivity contribution in [2.45, 2.75) is 31.9 Å². The van der Waals surface area contributed by atoms with Crippen molar-refractivity contribution in [2.24, 2.45) is 5.92 Å². The maximum absolute atomic E-state index is 12.7. The van der Waals surface area contributed by atoms with Crippen LogP contribution in [0, 0.1) is 5.92 Å². The van der Waals surface area contributed by atoms with Crippen LogP contribution in [0.2, 0.25) is 0 Å². The van der Waals surface area contributed by atoms with E-state index < -0.39 is 11.7 Å². The Morgan fingerprint density at radius 3 is 2.36 bits per heavy atom. The quantitative estimate of drug-likeness (QED) is 0.571. The van der Waals surface area contributed by atoms with Gasteiger partial charge in [-0.25, -0.2) is 0 Å². The Labute approximate surface area is 171 Å². The van der Waals surface area contributed by atoms with Gasteiger partial charge in [0.05, 0.1) is 5.56 Å². The molecule has 0 spiro atoms. The maximum atomic E-state index is 12.7. The summed E-state index contributed by atoms with van der Waals surface area (Å²) in [5.41, 5.74) is 1.35. The van der Waals surface area contributed by atoms with Gasteiger partial charge in [-0.2, -0.15) is 13.2 Å². The second-order valence-corrected chi connectivity index (χ2v) is 7.33. The minimum Gasteiger partial charge on any atom is -0.385 e. The molecule has 0 aromatic heterocycles. The van der Waals surface area contributed by atoms with Crippen LogP contribution in [0.5, 0.6) is 0 Å². The summed E-state index contributed by atoms with van der Waals surface area (Å²) in [6.07, 6.45) is 0.235. The second-order valence-electron chi connectivity index (χ2n) is 7.33. The fraction of sp³-hybridized carbons (Fsp3) is 0.455. The summed E-state index contributed by atoms with van der Waals surface area (Å²) < 4.78 is 38.2. The van der Waals surface area contributed by atoms with E-state index in [2.05, 4.69) is 40.5 Å². The molecule has 0 atom stereocenters. The van der Waals surface area contributed by atoms with Crippen LogP contribution >= 0.6 is 12.4 Å².